The fourth-order valence-electron chi connectivity index (χ4n) is 2.37. The maximum Gasteiger partial charge on any atom is 0.163 e. The number of fused-ring (bicyclic) bond motifs is 2. The molecule has 1 N–H and O–H groups in total. The molecule has 2 aromatic heterocycles. The van der Waals surface area contributed by atoms with Gasteiger partial charge in [-0.2, -0.15) is 0 Å². The van der Waals surface area contributed by atoms with E-state index in [4.69, 9.17) is 9.47 Å². The van der Waals surface area contributed by atoms with Crippen molar-refractivity contribution in [3.63, 3.8) is 0 Å². The Labute approximate surface area is 115 Å². The Morgan fingerprint density at radius 1 is 1.05 bits per heavy atom. The van der Waals surface area contributed by atoms with E-state index < -0.39 is 0 Å². The molecule has 0 unspecified atom stereocenters. The molecule has 0 spiro atoms. The summed E-state index contributed by atoms with van der Waals surface area (Å²) in [6, 6.07) is 5.90. The molecular formula is C15H13N3O2. The van der Waals surface area contributed by atoms with E-state index in [9.17, 15) is 0 Å². The van der Waals surface area contributed by atoms with Crippen LogP contribution in [0.1, 0.15) is 5.56 Å². The van der Waals surface area contributed by atoms with E-state index >= 15 is 0 Å². The minimum atomic E-state index is 0.581. The van der Waals surface area contributed by atoms with Gasteiger partial charge in [0.2, 0.25) is 0 Å². The molecule has 3 aromatic rings. The number of hydrogen-bond donors (Lipinski definition) is 1. The molecule has 100 valence electrons. The topological polar surface area (TPSA) is 60.0 Å². The summed E-state index contributed by atoms with van der Waals surface area (Å²) in [5.41, 5.74) is 3.88. The summed E-state index contributed by atoms with van der Waals surface area (Å²) in [5.74, 6) is 2.32. The number of imidazole rings is 1. The third-order valence-corrected chi connectivity index (χ3v) is 3.29. The number of benzene rings is 1. The molecule has 0 bridgehead atoms. The molecule has 1 aromatic carbocycles. The highest BCUT2D eigenvalue weighted by Gasteiger charge is 2.15. The van der Waals surface area contributed by atoms with E-state index in [1.165, 1.54) is 0 Å². The summed E-state index contributed by atoms with van der Waals surface area (Å²) in [6.07, 6.45) is 3.63. The van der Waals surface area contributed by atoms with Crippen LogP contribution >= 0.6 is 0 Å². The maximum absolute atomic E-state index is 5.58. The fourth-order valence-corrected chi connectivity index (χ4v) is 2.37. The van der Waals surface area contributed by atoms with Crippen LogP contribution in [0, 0.1) is 6.92 Å². The zero-order valence-electron chi connectivity index (χ0n) is 11.0. The molecule has 5 heteroatoms. The van der Waals surface area contributed by atoms with Gasteiger partial charge in [0.25, 0.3) is 0 Å². The second-order valence-electron chi connectivity index (χ2n) is 4.85. The van der Waals surface area contributed by atoms with Crippen molar-refractivity contribution in [1.82, 2.24) is 15.0 Å². The molecule has 4 rings (SSSR count). The average molecular weight is 267 g/mol. The fraction of sp³-hybridized carbons (Fsp3) is 0.200. The van der Waals surface area contributed by atoms with Gasteiger partial charge in [-0.25, -0.2) is 4.98 Å². The highest BCUT2D eigenvalue weighted by Crippen LogP contribution is 2.34. The van der Waals surface area contributed by atoms with Gasteiger partial charge in [0.1, 0.15) is 19.0 Å². The maximum atomic E-state index is 5.58. The Morgan fingerprint density at radius 2 is 1.85 bits per heavy atom. The van der Waals surface area contributed by atoms with Crippen molar-refractivity contribution in [1.29, 1.82) is 0 Å². The predicted octanol–water partition coefficient (Wildman–Crippen LogP) is 2.70. The number of aryl methyl sites for hydroxylation is 1. The first-order chi connectivity index (χ1) is 9.79. The Hall–Kier alpha value is -2.56. The van der Waals surface area contributed by atoms with E-state index in [1.54, 1.807) is 6.20 Å². The minimum Gasteiger partial charge on any atom is -0.486 e. The Morgan fingerprint density at radius 3 is 2.65 bits per heavy atom. The number of aromatic nitrogens is 3. The van der Waals surface area contributed by atoms with E-state index in [0.717, 1.165) is 39.5 Å². The molecule has 0 aliphatic carbocycles. The monoisotopic (exact) mass is 267 g/mol. The zero-order chi connectivity index (χ0) is 13.5. The molecule has 0 radical (unpaired) electrons. The van der Waals surface area contributed by atoms with E-state index in [0.29, 0.717) is 13.2 Å². The van der Waals surface area contributed by atoms with Crippen LogP contribution < -0.4 is 9.47 Å². The minimum absolute atomic E-state index is 0.581. The molecular weight excluding hydrogens is 254 g/mol. The summed E-state index contributed by atoms with van der Waals surface area (Å²) in [7, 11) is 0. The Balaban J connectivity index is 1.86. The summed E-state index contributed by atoms with van der Waals surface area (Å²) in [6.45, 7) is 3.18. The van der Waals surface area contributed by atoms with Crippen LogP contribution in [-0.2, 0) is 0 Å². The van der Waals surface area contributed by atoms with Gasteiger partial charge < -0.3 is 14.5 Å². The van der Waals surface area contributed by atoms with Gasteiger partial charge in [0.05, 0.1) is 11.0 Å². The standard InChI is InChI=1S/C15H13N3O2/c1-9-4-10(8-16-7-9)15-17-11-5-13-14(6-12(11)18-15)20-3-2-19-13/h4-8H,2-3H2,1H3,(H,17,18). The second-order valence-corrected chi connectivity index (χ2v) is 4.85. The third kappa shape index (κ3) is 1.79. The molecule has 3 heterocycles. The van der Waals surface area contributed by atoms with E-state index in [1.807, 2.05) is 25.3 Å². The lowest BCUT2D eigenvalue weighted by Gasteiger charge is -2.17. The Bertz CT molecular complexity index is 752. The van der Waals surface area contributed by atoms with Crippen LogP contribution in [0.3, 0.4) is 0 Å². The lowest BCUT2D eigenvalue weighted by molar-refractivity contribution is 0.172. The van der Waals surface area contributed by atoms with Crippen LogP contribution in [0.5, 0.6) is 11.5 Å². The quantitative estimate of drug-likeness (QED) is 0.736. The zero-order valence-corrected chi connectivity index (χ0v) is 11.0. The van der Waals surface area contributed by atoms with Crippen molar-refractivity contribution in [3.8, 4) is 22.9 Å². The van der Waals surface area contributed by atoms with Crippen molar-refractivity contribution in [2.75, 3.05) is 13.2 Å². The van der Waals surface area contributed by atoms with Gasteiger partial charge in [0.15, 0.2) is 11.5 Å². The SMILES string of the molecule is Cc1cncc(-c2nc3cc4c(cc3[nH]2)OCCO4)c1. The number of pyridine rings is 1. The highest BCUT2D eigenvalue weighted by molar-refractivity contribution is 5.83. The molecule has 0 saturated carbocycles. The van der Waals surface area contributed by atoms with E-state index in [-0.39, 0.29) is 0 Å². The largest absolute Gasteiger partial charge is 0.486 e. The summed E-state index contributed by atoms with van der Waals surface area (Å²) >= 11 is 0. The first-order valence-electron chi connectivity index (χ1n) is 6.51. The van der Waals surface area contributed by atoms with Gasteiger partial charge >= 0.3 is 0 Å². The summed E-state index contributed by atoms with van der Waals surface area (Å²) < 4.78 is 11.2. The van der Waals surface area contributed by atoms with Crippen LogP contribution in [0.4, 0.5) is 0 Å². The summed E-state index contributed by atoms with van der Waals surface area (Å²) in [5, 5.41) is 0. The van der Waals surface area contributed by atoms with Crippen LogP contribution in [0.2, 0.25) is 0 Å². The molecule has 1 aliphatic rings. The molecule has 0 atom stereocenters. The number of rotatable bonds is 1. The number of nitrogens with zero attached hydrogens (tertiary/aromatic N) is 2. The highest BCUT2D eigenvalue weighted by atomic mass is 16.6. The smallest absolute Gasteiger partial charge is 0.163 e. The molecule has 1 aliphatic heterocycles. The Kier molecular flexibility index (Phi) is 2.39. The van der Waals surface area contributed by atoms with Gasteiger partial charge in [0, 0.05) is 30.1 Å². The third-order valence-electron chi connectivity index (χ3n) is 3.29. The number of ether oxygens (including phenoxy) is 2. The van der Waals surface area contributed by atoms with Crippen molar-refractivity contribution in [2.24, 2.45) is 0 Å². The number of H-pyrrole nitrogens is 1. The van der Waals surface area contributed by atoms with Crippen LogP contribution in [0.15, 0.2) is 30.6 Å². The molecule has 0 saturated heterocycles. The number of aromatic amines is 1. The average Bonchev–Trinajstić information content (AvgIpc) is 2.87. The van der Waals surface area contributed by atoms with Crippen LogP contribution in [-0.4, -0.2) is 28.2 Å². The van der Waals surface area contributed by atoms with Gasteiger partial charge in [-0.15, -0.1) is 0 Å². The first kappa shape index (κ1) is 11.3. The van der Waals surface area contributed by atoms with Crippen molar-refractivity contribution < 1.29 is 9.47 Å². The second kappa shape index (κ2) is 4.23. The first-order valence-corrected chi connectivity index (χ1v) is 6.51. The summed E-state index contributed by atoms with van der Waals surface area (Å²) in [4.78, 5) is 12.1. The van der Waals surface area contributed by atoms with Crippen molar-refractivity contribution in [2.45, 2.75) is 6.92 Å². The van der Waals surface area contributed by atoms with Crippen molar-refractivity contribution >= 4 is 11.0 Å². The lowest BCUT2D eigenvalue weighted by Crippen LogP contribution is -2.15. The molecule has 5 nitrogen and oxygen atoms in total. The van der Waals surface area contributed by atoms with Crippen molar-refractivity contribution in [3.05, 3.63) is 36.2 Å². The number of nitrogens with one attached hydrogen (secondary N) is 1. The van der Waals surface area contributed by atoms with E-state index in [2.05, 4.69) is 21.0 Å². The molecule has 0 fully saturated rings. The molecule has 0 amide bonds. The molecule has 20 heavy (non-hydrogen) atoms. The van der Waals surface area contributed by atoms with Gasteiger partial charge in [-0.3, -0.25) is 4.98 Å². The lowest BCUT2D eigenvalue weighted by atomic mass is 10.2. The predicted molar refractivity (Wildman–Crippen MR) is 75.1 cm³/mol. The van der Waals surface area contributed by atoms with Gasteiger partial charge in [-0.1, -0.05) is 0 Å². The van der Waals surface area contributed by atoms with Gasteiger partial charge in [-0.05, 0) is 18.6 Å². The normalized spacial score (nSPS) is 13.7. The van der Waals surface area contributed by atoms with Crippen LogP contribution in [0.25, 0.3) is 22.4 Å². The number of hydrogen-bond acceptors (Lipinski definition) is 4.